The summed E-state index contributed by atoms with van der Waals surface area (Å²) < 4.78 is 130. The van der Waals surface area contributed by atoms with E-state index in [0.29, 0.717) is 35.3 Å². The Morgan fingerprint density at radius 1 is 0.407 bits per heavy atom. The molecule has 5 heterocycles. The maximum Gasteiger partial charge on any atom is 0.328 e. The molecule has 0 spiro atoms. The highest BCUT2D eigenvalue weighted by molar-refractivity contribution is 5.86. The number of carboxylic acids is 1. The van der Waals surface area contributed by atoms with E-state index >= 15 is 35.1 Å². The Bertz CT molecular complexity index is 5770. The maximum atomic E-state index is 15.6. The monoisotopic (exact) mass is 1660 g/mol. The summed E-state index contributed by atoms with van der Waals surface area (Å²) in [5, 5.41) is 8.86. The molecule has 1 N–H and O–H groups in total. The Hall–Kier alpha value is -9.61. The predicted molar refractivity (Wildman–Crippen MR) is 473 cm³/mol. The van der Waals surface area contributed by atoms with E-state index in [1.807, 2.05) is 51.1 Å². The lowest BCUT2D eigenvalue weighted by Crippen LogP contribution is -2.71. The number of benzene rings is 8. The van der Waals surface area contributed by atoms with Gasteiger partial charge in [-0.05, 0) is 353 Å². The molecule has 8 aromatic carbocycles. The summed E-state index contributed by atoms with van der Waals surface area (Å²) in [4.78, 5) is 20.5. The van der Waals surface area contributed by atoms with Crippen LogP contribution in [0, 0.1) is 69.7 Å². The van der Waals surface area contributed by atoms with E-state index in [0.717, 1.165) is 119 Å². The van der Waals surface area contributed by atoms with Crippen molar-refractivity contribution in [3.05, 3.63) is 328 Å². The minimum atomic E-state index is -1.15. The molecule has 7 nitrogen and oxygen atoms in total. The van der Waals surface area contributed by atoms with E-state index in [9.17, 15) is 4.79 Å². The second-order valence-electron chi connectivity index (χ2n) is 38.8. The van der Waals surface area contributed by atoms with Crippen LogP contribution < -0.4 is 0 Å². The SMILES string of the molecule is C/C=C/c1cc(F)c(C2C3=C(CC(C)N2C24CC(C2)C4)c2ccccc2C3)c(F)c1.C/C=C/c1cc(F)c(C2C3=C(CC(C)N2C2CCOC2)c2ccccc2C3)c(F)c1.C/C=C/c1cc(F)c(C2C3=C(CC(C)N2CC24CC(C2)C4)c2ccccc2C3)c(F)c1.CC1CC2=C(Cc3ccccc32)C(c2c(F)cc(/C=C/C(=O)O)cc2F)N1C12CC(C1)C2. The Morgan fingerprint density at radius 3 is 1.03 bits per heavy atom. The smallest absolute Gasteiger partial charge is 0.328 e. The summed E-state index contributed by atoms with van der Waals surface area (Å²) in [7, 11) is 0. The highest BCUT2D eigenvalue weighted by Crippen LogP contribution is 2.69. The zero-order valence-corrected chi connectivity index (χ0v) is 71.3. The van der Waals surface area contributed by atoms with Gasteiger partial charge in [-0.2, -0.15) is 0 Å². The van der Waals surface area contributed by atoms with Crippen molar-refractivity contribution < 1.29 is 49.8 Å². The van der Waals surface area contributed by atoms with E-state index in [4.69, 9.17) is 9.84 Å². The first kappa shape index (κ1) is 81.7. The average Bonchev–Trinajstić information content (AvgIpc) is 1.62. The van der Waals surface area contributed by atoms with E-state index in [1.165, 1.54) is 171 Å². The molecule has 9 saturated carbocycles. The Morgan fingerprint density at radius 2 is 0.715 bits per heavy atom. The fourth-order valence-electron chi connectivity index (χ4n) is 25.8. The Labute approximate surface area is 718 Å². The molecule has 5 aliphatic heterocycles. The first-order chi connectivity index (χ1) is 59.4. The lowest BCUT2D eigenvalue weighted by atomic mass is 9.44. The molecule has 0 aromatic heterocycles. The van der Waals surface area contributed by atoms with Crippen molar-refractivity contribution in [1.82, 2.24) is 19.6 Å². The van der Waals surface area contributed by atoms with Crippen LogP contribution in [0.25, 0.3) is 46.6 Å². The lowest BCUT2D eigenvalue weighted by Gasteiger charge is -2.70. The second-order valence-corrected chi connectivity index (χ2v) is 38.8. The van der Waals surface area contributed by atoms with Gasteiger partial charge in [-0.3, -0.25) is 19.6 Å². The molecule has 634 valence electrons. The van der Waals surface area contributed by atoms with Gasteiger partial charge in [0.2, 0.25) is 0 Å². The molecule has 10 fully saturated rings. The van der Waals surface area contributed by atoms with Crippen molar-refractivity contribution in [2.75, 3.05) is 19.8 Å². The number of allylic oxidation sites excluding steroid dienone is 3. The number of hydrogen-bond acceptors (Lipinski definition) is 6. The van der Waals surface area contributed by atoms with Gasteiger partial charge >= 0.3 is 5.97 Å². The van der Waals surface area contributed by atoms with Crippen molar-refractivity contribution in [3.8, 4) is 0 Å². The van der Waals surface area contributed by atoms with Crippen LogP contribution in [-0.4, -0.2) is 91.7 Å². The van der Waals surface area contributed by atoms with Crippen LogP contribution in [0.2, 0.25) is 0 Å². The third-order valence-corrected chi connectivity index (χ3v) is 31.1. The highest BCUT2D eigenvalue weighted by Gasteiger charge is 2.66. The second kappa shape index (κ2) is 31.8. The van der Waals surface area contributed by atoms with Crippen LogP contribution in [0.1, 0.15) is 252 Å². The topological polar surface area (TPSA) is 59.5 Å². The molecule has 9 atom stereocenters. The third kappa shape index (κ3) is 13.9. The van der Waals surface area contributed by atoms with Gasteiger partial charge in [-0.15, -0.1) is 0 Å². The van der Waals surface area contributed by atoms with Gasteiger partial charge in [0.15, 0.2) is 0 Å². The minimum absolute atomic E-state index is 0.0583. The first-order valence-corrected chi connectivity index (χ1v) is 45.1. The molecule has 18 aliphatic rings. The van der Waals surface area contributed by atoms with Gasteiger partial charge in [0.25, 0.3) is 0 Å². The zero-order chi connectivity index (χ0) is 85.0. The summed E-state index contributed by atoms with van der Waals surface area (Å²) in [6.07, 6.45) is 31.3. The molecule has 8 aromatic rings. The van der Waals surface area contributed by atoms with Crippen molar-refractivity contribution in [2.24, 2.45) is 23.2 Å². The highest BCUT2D eigenvalue weighted by atomic mass is 19.2. The van der Waals surface area contributed by atoms with Gasteiger partial charge in [0, 0.05) is 82.8 Å². The van der Waals surface area contributed by atoms with Gasteiger partial charge < -0.3 is 9.84 Å². The first-order valence-electron chi connectivity index (χ1n) is 45.1. The van der Waals surface area contributed by atoms with Crippen LogP contribution >= 0.6 is 0 Å². The fourth-order valence-corrected chi connectivity index (χ4v) is 25.8. The number of nitrogens with zero attached hydrogens (tertiary/aromatic N) is 4. The summed E-state index contributed by atoms with van der Waals surface area (Å²) in [6, 6.07) is 44.8. The summed E-state index contributed by atoms with van der Waals surface area (Å²) >= 11 is 0. The van der Waals surface area contributed by atoms with Crippen molar-refractivity contribution in [1.29, 1.82) is 0 Å². The predicted octanol–water partition coefficient (Wildman–Crippen LogP) is 25.3. The number of rotatable bonds is 14. The van der Waals surface area contributed by atoms with Crippen molar-refractivity contribution in [3.63, 3.8) is 0 Å². The molecule has 15 heteroatoms. The molecule has 13 aliphatic carbocycles. The maximum absolute atomic E-state index is 15.6. The number of ether oxygens (including phenoxy) is 1. The molecular formula is C108H108F8N4O3. The number of carboxylic acid groups (broad SMARTS) is 1. The quantitative estimate of drug-likeness (QED) is 0.0860. The van der Waals surface area contributed by atoms with Gasteiger partial charge in [-0.1, -0.05) is 134 Å². The molecule has 1 saturated heterocycles. The van der Waals surface area contributed by atoms with Crippen molar-refractivity contribution >= 4 is 52.6 Å². The standard InChI is InChI=1S/C28H29F2N.C27H25F2NO2.C27H27F2N.C26H27F2NO/c1-3-6-18-10-24(29)26(25(30)11-18)27-23-12-20-7-4-5-8-21(20)22(23)9-17(2)31(27)16-28-13-19(14-28)15-28;1-15-8-20-19-5-3-2-4-18(19)11-21(20)26(30(15)27-12-17(13-27)14-27)25-22(28)9-16(10-23(25)29)6-7-24(31)32;1-3-6-17-10-23(28)25(24(29)11-17)26-22-12-19-7-4-5-8-20(19)21(22)9-16(2)30(26)27-13-18(14-27)15-27;1-3-6-17-12-23(27)25(24(28)13-17)26-22-14-18-7-4-5-8-20(18)21(22)11-16(2)29(26)19-9-10-30-15-19/h3-8,10-11,17,19,27H,9,12-16H2,1-2H3;2-7,9-10,15,17,26H,8,11-14H2,1H3,(H,31,32);3-8,10-11,16,18,26H,9,12-15H2,1-2H3;3-8,12-13,16,19,26H,9-11,14-15H2,1-2H3/b6-3+;7-6+;2*6-3+. The van der Waals surface area contributed by atoms with Crippen LogP contribution in [0.4, 0.5) is 35.1 Å². The van der Waals surface area contributed by atoms with Crippen LogP contribution in [0.15, 0.2) is 192 Å². The van der Waals surface area contributed by atoms with Crippen molar-refractivity contribution in [2.45, 2.75) is 229 Å². The molecule has 0 amide bonds. The minimum Gasteiger partial charge on any atom is -0.478 e. The Balaban J connectivity index is 0.000000104. The molecule has 6 bridgehead atoms. The largest absolute Gasteiger partial charge is 0.478 e. The number of fused-ring (bicyclic) bond motifs is 8. The number of aliphatic carboxylic acids is 1. The van der Waals surface area contributed by atoms with Crippen LogP contribution in [0.5, 0.6) is 0 Å². The van der Waals surface area contributed by atoms with E-state index in [2.05, 4.69) is 126 Å². The van der Waals surface area contributed by atoms with Crippen LogP contribution in [-0.2, 0) is 35.2 Å². The fraction of sp³-hybridized carbons (Fsp3) is 0.398. The van der Waals surface area contributed by atoms with Gasteiger partial charge in [-0.25, -0.2) is 39.9 Å². The zero-order valence-electron chi connectivity index (χ0n) is 71.3. The molecule has 123 heavy (non-hydrogen) atoms. The van der Waals surface area contributed by atoms with E-state index in [-0.39, 0.29) is 81.2 Å². The van der Waals surface area contributed by atoms with E-state index in [1.54, 1.807) is 24.3 Å². The van der Waals surface area contributed by atoms with Gasteiger partial charge in [0.05, 0.1) is 30.8 Å². The normalized spacial score (nSPS) is 30.2. The number of halogens is 8. The Kier molecular flexibility index (Phi) is 21.1. The summed E-state index contributed by atoms with van der Waals surface area (Å²) in [5.74, 6) is -2.47. The van der Waals surface area contributed by atoms with Gasteiger partial charge in [0.1, 0.15) is 46.5 Å². The lowest BCUT2D eigenvalue weighted by molar-refractivity contribution is -0.173. The molecule has 0 radical (unpaired) electrons. The third-order valence-electron chi connectivity index (χ3n) is 31.1. The molecular weight excluding hydrogens is 1550 g/mol. The molecule has 9 unspecified atom stereocenters. The summed E-state index contributed by atoms with van der Waals surface area (Å²) in [6.45, 7) is 16.7. The molecule has 26 rings (SSSR count). The number of carbonyl (C=O) groups is 1. The summed E-state index contributed by atoms with van der Waals surface area (Å²) in [5.41, 5.74) is 23.3. The van der Waals surface area contributed by atoms with Crippen LogP contribution in [0.3, 0.4) is 0 Å². The van der Waals surface area contributed by atoms with E-state index < -0.39 is 64.6 Å². The number of hydrogen-bond donors (Lipinski definition) is 1. The average molecular weight is 1660 g/mol.